The van der Waals surface area contributed by atoms with Crippen LogP contribution < -0.4 is 0 Å². The minimum atomic E-state index is -4.42. The van der Waals surface area contributed by atoms with Crippen molar-refractivity contribution in [1.82, 2.24) is 4.90 Å². The number of hydrogen-bond donors (Lipinski definition) is 1. The highest BCUT2D eigenvalue weighted by atomic mass is 19.4. The van der Waals surface area contributed by atoms with Crippen molar-refractivity contribution >= 4 is 5.57 Å². The van der Waals surface area contributed by atoms with Gasteiger partial charge in [0.1, 0.15) is 0 Å². The van der Waals surface area contributed by atoms with Gasteiger partial charge >= 0.3 is 6.18 Å². The van der Waals surface area contributed by atoms with Crippen molar-refractivity contribution in [2.75, 3.05) is 6.61 Å². The predicted octanol–water partition coefficient (Wildman–Crippen LogP) is 5.44. The van der Waals surface area contributed by atoms with Gasteiger partial charge in [-0.15, -0.1) is 0 Å². The second-order valence-corrected chi connectivity index (χ2v) is 6.60. The Balaban J connectivity index is 2.11. The Hall–Kier alpha value is -2.27. The van der Waals surface area contributed by atoms with Gasteiger partial charge in [0.2, 0.25) is 0 Å². The zero-order valence-electron chi connectivity index (χ0n) is 15.1. The Kier molecular flexibility index (Phi) is 6.48. The van der Waals surface area contributed by atoms with Crippen LogP contribution in [-0.4, -0.2) is 22.8 Å². The predicted molar refractivity (Wildman–Crippen MR) is 98.9 cm³/mol. The summed E-state index contributed by atoms with van der Waals surface area (Å²) in [7, 11) is 0. The van der Waals surface area contributed by atoms with Crippen molar-refractivity contribution in [3.63, 3.8) is 0 Å². The van der Waals surface area contributed by atoms with Gasteiger partial charge in [-0.2, -0.15) is 13.2 Å². The van der Waals surface area contributed by atoms with Gasteiger partial charge in [0.25, 0.3) is 0 Å². The fourth-order valence-corrected chi connectivity index (χ4v) is 2.85. The van der Waals surface area contributed by atoms with Crippen LogP contribution in [0.1, 0.15) is 31.4 Å². The number of allylic oxidation sites excluding steroid dienone is 4. The van der Waals surface area contributed by atoms with E-state index >= 15 is 0 Å². The van der Waals surface area contributed by atoms with Gasteiger partial charge in [0.15, 0.2) is 0 Å². The summed E-state index contributed by atoms with van der Waals surface area (Å²) in [6.45, 7) is 7.71. The first-order valence-corrected chi connectivity index (χ1v) is 8.54. The summed E-state index contributed by atoms with van der Waals surface area (Å²) < 4.78 is 39.0. The largest absolute Gasteiger partial charge is 0.418 e. The molecule has 0 radical (unpaired) electrons. The molecule has 140 valence electrons. The molecular formula is C21H24F3NO. The van der Waals surface area contributed by atoms with Crippen LogP contribution >= 0.6 is 0 Å². The monoisotopic (exact) mass is 363 g/mol. The van der Waals surface area contributed by atoms with E-state index in [1.54, 1.807) is 12.4 Å². The van der Waals surface area contributed by atoms with E-state index in [4.69, 9.17) is 5.11 Å². The Labute approximate surface area is 152 Å². The molecule has 1 aromatic rings. The molecule has 0 saturated heterocycles. The quantitative estimate of drug-likeness (QED) is 0.727. The third-order valence-electron chi connectivity index (χ3n) is 4.39. The second-order valence-electron chi connectivity index (χ2n) is 6.60. The maximum Gasteiger partial charge on any atom is 0.418 e. The summed E-state index contributed by atoms with van der Waals surface area (Å²) in [5.41, 5.74) is 2.13. The molecule has 1 N–H and O–H groups in total. The van der Waals surface area contributed by atoms with Crippen LogP contribution in [0.4, 0.5) is 13.2 Å². The Morgan fingerprint density at radius 1 is 1.27 bits per heavy atom. The van der Waals surface area contributed by atoms with Gasteiger partial charge in [0.05, 0.1) is 5.57 Å². The number of aliphatic hydroxyl groups is 1. The van der Waals surface area contributed by atoms with Gasteiger partial charge in [-0.3, -0.25) is 0 Å². The van der Waals surface area contributed by atoms with E-state index in [1.165, 1.54) is 16.5 Å². The van der Waals surface area contributed by atoms with E-state index < -0.39 is 11.7 Å². The smallest absolute Gasteiger partial charge is 0.396 e. The molecule has 2 nitrogen and oxygen atoms in total. The highest BCUT2D eigenvalue weighted by molar-refractivity contribution is 5.64. The summed E-state index contributed by atoms with van der Waals surface area (Å²) >= 11 is 0. The molecule has 0 amide bonds. The van der Waals surface area contributed by atoms with E-state index in [0.29, 0.717) is 5.92 Å². The van der Waals surface area contributed by atoms with Crippen molar-refractivity contribution in [3.8, 4) is 0 Å². The second kappa shape index (κ2) is 8.41. The first kappa shape index (κ1) is 20.0. The SMILES string of the molecule is C=C1C(C(F)(F)F)=CC=CN1/C=C(\C)c1ccc(CC(C)CCO)cc1. The number of benzene rings is 1. The molecule has 1 aliphatic heterocycles. The van der Waals surface area contributed by atoms with Crippen LogP contribution in [-0.2, 0) is 6.42 Å². The van der Waals surface area contributed by atoms with Gasteiger partial charge in [-0.1, -0.05) is 37.8 Å². The molecule has 5 heteroatoms. The Bertz CT molecular complexity index is 727. The number of hydrogen-bond acceptors (Lipinski definition) is 2. The highest BCUT2D eigenvalue weighted by Gasteiger charge is 2.37. The summed E-state index contributed by atoms with van der Waals surface area (Å²) in [6, 6.07) is 7.96. The lowest BCUT2D eigenvalue weighted by Crippen LogP contribution is -2.23. The molecule has 1 heterocycles. The molecule has 1 aromatic carbocycles. The average Bonchev–Trinajstić information content (AvgIpc) is 2.56. The molecule has 1 aliphatic rings. The number of alkyl halides is 3. The molecule has 0 bridgehead atoms. The molecule has 0 saturated carbocycles. The van der Waals surface area contributed by atoms with Crippen molar-refractivity contribution in [3.05, 3.63) is 77.8 Å². The fraction of sp³-hybridized carbons (Fsp3) is 0.333. The van der Waals surface area contributed by atoms with Crippen molar-refractivity contribution in [1.29, 1.82) is 0 Å². The Morgan fingerprint density at radius 2 is 1.92 bits per heavy atom. The number of halogens is 3. The molecule has 0 aromatic heterocycles. The molecule has 26 heavy (non-hydrogen) atoms. The molecule has 0 aliphatic carbocycles. The van der Waals surface area contributed by atoms with Gasteiger partial charge < -0.3 is 10.0 Å². The lowest BCUT2D eigenvalue weighted by Gasteiger charge is -2.26. The lowest BCUT2D eigenvalue weighted by molar-refractivity contribution is -0.0908. The molecular weight excluding hydrogens is 339 g/mol. The maximum atomic E-state index is 13.0. The summed E-state index contributed by atoms with van der Waals surface area (Å²) in [5, 5.41) is 8.98. The minimum absolute atomic E-state index is 0.0891. The number of aliphatic hydroxyl groups excluding tert-OH is 1. The molecule has 0 spiro atoms. The van der Waals surface area contributed by atoms with Crippen molar-refractivity contribution in [2.24, 2.45) is 5.92 Å². The highest BCUT2D eigenvalue weighted by Crippen LogP contribution is 2.35. The van der Waals surface area contributed by atoms with E-state index in [0.717, 1.165) is 30.1 Å². The van der Waals surface area contributed by atoms with Crippen LogP contribution in [0.2, 0.25) is 0 Å². The zero-order valence-corrected chi connectivity index (χ0v) is 15.1. The summed E-state index contributed by atoms with van der Waals surface area (Å²) in [4.78, 5) is 1.40. The molecule has 1 unspecified atom stereocenters. The third-order valence-corrected chi connectivity index (χ3v) is 4.39. The summed E-state index contributed by atoms with van der Waals surface area (Å²) in [6.07, 6.45) is 2.84. The van der Waals surface area contributed by atoms with E-state index in [1.807, 2.05) is 31.2 Å². The van der Waals surface area contributed by atoms with E-state index in [-0.39, 0.29) is 12.3 Å². The van der Waals surface area contributed by atoms with Crippen LogP contribution in [0.15, 0.2) is 66.7 Å². The van der Waals surface area contributed by atoms with Crippen molar-refractivity contribution in [2.45, 2.75) is 32.9 Å². The van der Waals surface area contributed by atoms with Crippen LogP contribution in [0, 0.1) is 5.92 Å². The number of rotatable bonds is 6. The first-order valence-electron chi connectivity index (χ1n) is 8.54. The lowest BCUT2D eigenvalue weighted by atomic mass is 9.96. The van der Waals surface area contributed by atoms with Crippen LogP contribution in [0.5, 0.6) is 0 Å². The minimum Gasteiger partial charge on any atom is -0.396 e. The third kappa shape index (κ3) is 5.11. The number of nitrogens with zero attached hydrogens (tertiary/aromatic N) is 1. The van der Waals surface area contributed by atoms with Gasteiger partial charge in [-0.05, 0) is 54.5 Å². The summed E-state index contributed by atoms with van der Waals surface area (Å²) in [5.74, 6) is 0.400. The standard InChI is InChI=1S/C21H24F3NO/c1-15(10-12-26)13-18-6-8-19(9-7-18)16(2)14-25-11-4-5-20(17(25)3)21(22,23)24/h4-9,11,14-15,26H,3,10,12-13H2,1-2H3/b16-14+. The topological polar surface area (TPSA) is 23.5 Å². The van der Waals surface area contributed by atoms with Gasteiger partial charge in [-0.25, -0.2) is 0 Å². The fourth-order valence-electron chi connectivity index (χ4n) is 2.85. The van der Waals surface area contributed by atoms with Crippen molar-refractivity contribution < 1.29 is 18.3 Å². The molecule has 2 rings (SSSR count). The first-order chi connectivity index (χ1) is 12.2. The molecule has 0 fully saturated rings. The molecule has 1 atom stereocenters. The van der Waals surface area contributed by atoms with E-state index in [9.17, 15) is 13.2 Å². The zero-order chi connectivity index (χ0) is 19.3. The van der Waals surface area contributed by atoms with E-state index in [2.05, 4.69) is 13.5 Å². The Morgan fingerprint density at radius 3 is 2.50 bits per heavy atom. The average molecular weight is 363 g/mol. The normalized spacial score (nSPS) is 16.7. The van der Waals surface area contributed by atoms with Gasteiger partial charge in [0, 0.05) is 24.7 Å². The maximum absolute atomic E-state index is 13.0. The van der Waals surface area contributed by atoms with Crippen LogP contribution in [0.3, 0.4) is 0 Å². The van der Waals surface area contributed by atoms with Crippen LogP contribution in [0.25, 0.3) is 5.57 Å².